The molecule has 5 nitrogen and oxygen atoms in total. The van der Waals surface area contributed by atoms with Gasteiger partial charge in [0.2, 0.25) is 5.91 Å². The molecule has 2 N–H and O–H groups in total. The summed E-state index contributed by atoms with van der Waals surface area (Å²) in [5.74, 6) is 0.360. The van der Waals surface area contributed by atoms with Gasteiger partial charge in [-0.3, -0.25) is 9.59 Å². The number of hydrogen-bond donors (Lipinski definition) is 1. The minimum Gasteiger partial charge on any atom is -0.487 e. The minimum absolute atomic E-state index is 0.0132. The zero-order valence-corrected chi connectivity index (χ0v) is 20.0. The predicted molar refractivity (Wildman–Crippen MR) is 133 cm³/mol. The molecule has 6 heteroatoms. The number of carbonyl (C=O) groups is 2. The first kappa shape index (κ1) is 24.0. The summed E-state index contributed by atoms with van der Waals surface area (Å²) in [5, 5.41) is 12.1. The topological polar surface area (TPSA) is 93.2 Å². The molecule has 4 aromatic rings. The highest BCUT2D eigenvalue weighted by molar-refractivity contribution is 7.19. The van der Waals surface area contributed by atoms with Crippen LogP contribution >= 0.6 is 11.3 Å². The van der Waals surface area contributed by atoms with E-state index in [9.17, 15) is 9.59 Å². The molecule has 1 aromatic heterocycles. The second kappa shape index (κ2) is 9.85. The molecule has 0 bridgehead atoms. The summed E-state index contributed by atoms with van der Waals surface area (Å²) in [6, 6.07) is 21.5. The van der Waals surface area contributed by atoms with Crippen LogP contribution in [0.1, 0.15) is 48.5 Å². The smallest absolute Gasteiger partial charge is 0.222 e. The first-order chi connectivity index (χ1) is 15.6. The Labute approximate surface area is 197 Å². The van der Waals surface area contributed by atoms with Gasteiger partial charge in [-0.25, -0.2) is 0 Å². The predicted octanol–water partition coefficient (Wildman–Crippen LogP) is 6.23. The molecule has 1 amide bonds. The van der Waals surface area contributed by atoms with Crippen LogP contribution in [0.4, 0.5) is 0 Å². The van der Waals surface area contributed by atoms with E-state index >= 15 is 0 Å². The van der Waals surface area contributed by atoms with Gasteiger partial charge in [-0.05, 0) is 48.0 Å². The van der Waals surface area contributed by atoms with E-state index in [1.165, 1.54) is 0 Å². The van der Waals surface area contributed by atoms with Gasteiger partial charge in [0.15, 0.2) is 5.78 Å². The van der Waals surface area contributed by atoms with Gasteiger partial charge in [0.05, 0.1) is 17.2 Å². The summed E-state index contributed by atoms with van der Waals surface area (Å²) in [7, 11) is 0. The van der Waals surface area contributed by atoms with Gasteiger partial charge < -0.3 is 10.5 Å². The molecule has 0 aliphatic heterocycles. The first-order valence-electron chi connectivity index (χ1n) is 10.5. The van der Waals surface area contributed by atoms with Gasteiger partial charge in [-0.1, -0.05) is 51.1 Å². The van der Waals surface area contributed by atoms with Crippen molar-refractivity contribution in [2.75, 3.05) is 0 Å². The maximum absolute atomic E-state index is 12.0. The van der Waals surface area contributed by atoms with Crippen LogP contribution in [-0.4, -0.2) is 11.7 Å². The average Bonchev–Trinajstić information content (AvgIpc) is 3.18. The van der Waals surface area contributed by atoms with E-state index in [1.807, 2.05) is 60.7 Å². The van der Waals surface area contributed by atoms with Gasteiger partial charge in [0.1, 0.15) is 12.4 Å². The van der Waals surface area contributed by atoms with Crippen molar-refractivity contribution in [2.45, 2.75) is 34.3 Å². The zero-order chi connectivity index (χ0) is 24.2. The highest BCUT2D eigenvalue weighted by Gasteiger charge is 2.16. The molecule has 168 valence electrons. The average molecular weight is 459 g/mol. The Bertz CT molecular complexity index is 1370. The van der Waals surface area contributed by atoms with E-state index in [4.69, 9.17) is 15.7 Å². The van der Waals surface area contributed by atoms with E-state index in [2.05, 4.69) is 6.07 Å². The van der Waals surface area contributed by atoms with Crippen LogP contribution in [0.15, 0.2) is 60.7 Å². The highest BCUT2D eigenvalue weighted by atomic mass is 32.1. The van der Waals surface area contributed by atoms with E-state index in [1.54, 1.807) is 39.0 Å². The lowest BCUT2D eigenvalue weighted by Crippen LogP contribution is -2.27. The lowest BCUT2D eigenvalue weighted by Gasteiger charge is -2.12. The van der Waals surface area contributed by atoms with Crippen LogP contribution in [-0.2, 0) is 11.4 Å². The number of amides is 1. The molecular formula is C27H26N2O3S. The molecule has 0 unspecified atom stereocenters. The Kier molecular flexibility index (Phi) is 7.15. The van der Waals surface area contributed by atoms with Crippen LogP contribution in [0, 0.1) is 16.7 Å². The summed E-state index contributed by atoms with van der Waals surface area (Å²) in [6.07, 6.45) is 0. The van der Waals surface area contributed by atoms with E-state index < -0.39 is 0 Å². The SMILES string of the molecule is CC(=O)c1ccc2ccccc2c1OCc1cc2cc(C#N)ccc2s1.CC(C)(C)C(N)=O. The summed E-state index contributed by atoms with van der Waals surface area (Å²) in [6.45, 7) is 7.30. The van der Waals surface area contributed by atoms with Crippen molar-refractivity contribution in [3.05, 3.63) is 76.7 Å². The molecular weight excluding hydrogens is 432 g/mol. The van der Waals surface area contributed by atoms with Gasteiger partial charge in [0, 0.05) is 20.4 Å². The minimum atomic E-state index is -0.361. The fourth-order valence-corrected chi connectivity index (χ4v) is 4.02. The molecule has 33 heavy (non-hydrogen) atoms. The molecule has 0 saturated carbocycles. The van der Waals surface area contributed by atoms with Crippen molar-refractivity contribution in [1.29, 1.82) is 5.26 Å². The lowest BCUT2D eigenvalue weighted by molar-refractivity contribution is -0.125. The number of fused-ring (bicyclic) bond motifs is 2. The Morgan fingerprint density at radius 1 is 1.03 bits per heavy atom. The number of benzene rings is 3. The monoisotopic (exact) mass is 458 g/mol. The molecule has 0 fully saturated rings. The molecule has 4 rings (SSSR count). The number of ketones is 1. The van der Waals surface area contributed by atoms with Crippen molar-refractivity contribution in [2.24, 2.45) is 11.1 Å². The first-order valence-corrected chi connectivity index (χ1v) is 11.3. The Hall–Kier alpha value is -3.69. The van der Waals surface area contributed by atoms with Crippen molar-refractivity contribution in [1.82, 2.24) is 0 Å². The Morgan fingerprint density at radius 3 is 2.36 bits per heavy atom. The number of primary amides is 1. The van der Waals surface area contributed by atoms with E-state index in [0.717, 1.165) is 25.7 Å². The molecule has 0 spiro atoms. The quantitative estimate of drug-likeness (QED) is 0.367. The third-order valence-electron chi connectivity index (χ3n) is 5.05. The van der Waals surface area contributed by atoms with Crippen LogP contribution in [0.3, 0.4) is 0 Å². The second-order valence-corrected chi connectivity index (χ2v) is 9.87. The number of nitriles is 1. The summed E-state index contributed by atoms with van der Waals surface area (Å²) in [5.41, 5.74) is 5.81. The maximum Gasteiger partial charge on any atom is 0.222 e. The molecule has 0 atom stereocenters. The van der Waals surface area contributed by atoms with Crippen LogP contribution in [0.25, 0.3) is 20.9 Å². The van der Waals surface area contributed by atoms with E-state index in [0.29, 0.717) is 23.5 Å². The van der Waals surface area contributed by atoms with Gasteiger partial charge in [-0.2, -0.15) is 5.26 Å². The van der Waals surface area contributed by atoms with Crippen LogP contribution in [0.2, 0.25) is 0 Å². The van der Waals surface area contributed by atoms with Crippen molar-refractivity contribution < 1.29 is 14.3 Å². The van der Waals surface area contributed by atoms with Crippen molar-refractivity contribution in [3.63, 3.8) is 0 Å². The summed E-state index contributed by atoms with van der Waals surface area (Å²) < 4.78 is 7.23. The molecule has 0 radical (unpaired) electrons. The number of Topliss-reactive ketones (excluding diaryl/α,β-unsaturated/α-hetero) is 1. The van der Waals surface area contributed by atoms with Crippen LogP contribution < -0.4 is 10.5 Å². The normalized spacial score (nSPS) is 10.9. The number of ether oxygens (including phenoxy) is 1. The third kappa shape index (κ3) is 5.76. The Balaban J connectivity index is 0.000000383. The number of carbonyl (C=O) groups excluding carboxylic acids is 2. The molecule has 0 aliphatic rings. The van der Waals surface area contributed by atoms with Gasteiger partial charge in [-0.15, -0.1) is 11.3 Å². The zero-order valence-electron chi connectivity index (χ0n) is 19.1. The molecule has 0 saturated heterocycles. The number of hydrogen-bond acceptors (Lipinski definition) is 5. The second-order valence-electron chi connectivity index (χ2n) is 8.70. The maximum atomic E-state index is 12.0. The highest BCUT2D eigenvalue weighted by Crippen LogP contribution is 2.33. The number of thiophene rings is 1. The van der Waals surface area contributed by atoms with Crippen LogP contribution in [0.5, 0.6) is 5.75 Å². The Morgan fingerprint density at radius 2 is 1.73 bits per heavy atom. The number of nitrogens with two attached hydrogens (primary N) is 1. The van der Waals surface area contributed by atoms with Crippen molar-refractivity contribution >= 4 is 43.9 Å². The standard InChI is InChI=1S/C22H15NO2S.C5H11NO/c1-14(24)19-8-7-16-4-2-3-5-20(16)22(19)25-13-18-11-17-10-15(12-23)6-9-21(17)26-18;1-5(2,3)4(6)7/h2-11H,13H2,1H3;1-3H3,(H2,6,7). The lowest BCUT2D eigenvalue weighted by atomic mass is 9.96. The molecule has 3 aromatic carbocycles. The molecule has 1 heterocycles. The largest absolute Gasteiger partial charge is 0.487 e. The summed E-state index contributed by atoms with van der Waals surface area (Å²) in [4.78, 5) is 23.3. The number of nitrogens with zero attached hydrogens (tertiary/aromatic N) is 1. The fourth-order valence-electron chi connectivity index (χ4n) is 3.06. The third-order valence-corrected chi connectivity index (χ3v) is 6.14. The van der Waals surface area contributed by atoms with Gasteiger partial charge >= 0.3 is 0 Å². The van der Waals surface area contributed by atoms with Crippen molar-refractivity contribution in [3.8, 4) is 11.8 Å². The summed E-state index contributed by atoms with van der Waals surface area (Å²) >= 11 is 1.64. The number of rotatable bonds is 4. The molecule has 0 aliphatic carbocycles. The fraction of sp³-hybridized carbons (Fsp3) is 0.222. The van der Waals surface area contributed by atoms with E-state index in [-0.39, 0.29) is 17.1 Å². The van der Waals surface area contributed by atoms with Gasteiger partial charge in [0.25, 0.3) is 0 Å².